The Kier molecular flexibility index (Phi) is 5.84. The summed E-state index contributed by atoms with van der Waals surface area (Å²) in [6.45, 7) is 7.92. The average Bonchev–Trinajstić information content (AvgIpc) is 2.59. The summed E-state index contributed by atoms with van der Waals surface area (Å²) in [5.41, 5.74) is 5.46. The third kappa shape index (κ3) is 4.80. The van der Waals surface area contributed by atoms with E-state index in [0.717, 1.165) is 13.0 Å². The lowest BCUT2D eigenvalue weighted by Gasteiger charge is -2.31. The molecule has 2 heteroatoms. The normalized spacial score (nSPS) is 16.8. The van der Waals surface area contributed by atoms with Crippen LogP contribution in [0.3, 0.4) is 0 Å². The van der Waals surface area contributed by atoms with E-state index < -0.39 is 0 Å². The number of rotatable bonds is 5. The Morgan fingerprint density at radius 1 is 0.958 bits per heavy atom. The lowest BCUT2D eigenvalue weighted by molar-refractivity contribution is 0.167. The first-order valence-electron chi connectivity index (χ1n) is 8.91. The zero-order valence-corrected chi connectivity index (χ0v) is 14.9. The van der Waals surface area contributed by atoms with Crippen molar-refractivity contribution in [2.75, 3.05) is 39.8 Å². The first-order chi connectivity index (χ1) is 11.7. The quantitative estimate of drug-likeness (QED) is 0.826. The summed E-state index contributed by atoms with van der Waals surface area (Å²) in [6, 6.07) is 17.5. The van der Waals surface area contributed by atoms with Crippen molar-refractivity contribution in [1.82, 2.24) is 9.80 Å². The molecule has 2 aromatic rings. The van der Waals surface area contributed by atoms with Crippen LogP contribution in [0, 0.1) is 6.92 Å². The van der Waals surface area contributed by atoms with Crippen LogP contribution in [-0.4, -0.2) is 49.6 Å². The third-order valence-corrected chi connectivity index (χ3v) is 4.79. The molecule has 1 saturated heterocycles. The molecule has 0 atom stereocenters. The molecule has 1 aliphatic rings. The van der Waals surface area contributed by atoms with E-state index in [1.54, 1.807) is 0 Å². The van der Waals surface area contributed by atoms with E-state index in [-0.39, 0.29) is 0 Å². The standard InChI is InChI=1S/C22H28N2/c1-19-10-11-21(9-6-12-24-15-13-23(2)14-16-24)22(17-19)18-20-7-4-3-5-8-20/h3-11,17H,12-16,18H2,1-2H3/b9-6+. The van der Waals surface area contributed by atoms with Gasteiger partial charge in [0.25, 0.3) is 0 Å². The Bertz CT molecular complexity index is 668. The highest BCUT2D eigenvalue weighted by Crippen LogP contribution is 2.18. The maximum atomic E-state index is 2.53. The van der Waals surface area contributed by atoms with Crippen LogP contribution in [0.4, 0.5) is 0 Å². The maximum absolute atomic E-state index is 2.53. The summed E-state index contributed by atoms with van der Waals surface area (Å²) in [6.07, 6.45) is 5.62. The second-order valence-corrected chi connectivity index (χ2v) is 6.87. The summed E-state index contributed by atoms with van der Waals surface area (Å²) in [5, 5.41) is 0. The van der Waals surface area contributed by atoms with Crippen molar-refractivity contribution in [3.8, 4) is 0 Å². The summed E-state index contributed by atoms with van der Waals surface area (Å²) >= 11 is 0. The molecule has 0 unspecified atom stereocenters. The lowest BCUT2D eigenvalue weighted by atomic mass is 9.97. The van der Waals surface area contributed by atoms with E-state index in [9.17, 15) is 0 Å². The molecule has 0 radical (unpaired) electrons. The van der Waals surface area contributed by atoms with Crippen molar-refractivity contribution in [2.24, 2.45) is 0 Å². The zero-order chi connectivity index (χ0) is 16.8. The summed E-state index contributed by atoms with van der Waals surface area (Å²) in [7, 11) is 2.20. The first-order valence-corrected chi connectivity index (χ1v) is 8.91. The molecule has 2 aromatic carbocycles. The molecule has 3 rings (SSSR count). The molecule has 0 aromatic heterocycles. The van der Waals surface area contributed by atoms with Crippen molar-refractivity contribution >= 4 is 6.08 Å². The molecular weight excluding hydrogens is 292 g/mol. The van der Waals surface area contributed by atoms with E-state index >= 15 is 0 Å². The molecule has 1 heterocycles. The number of benzene rings is 2. The van der Waals surface area contributed by atoms with Gasteiger partial charge in [0.1, 0.15) is 0 Å². The smallest absolute Gasteiger partial charge is 0.0167 e. The second-order valence-electron chi connectivity index (χ2n) is 6.87. The summed E-state index contributed by atoms with van der Waals surface area (Å²) in [5.74, 6) is 0. The van der Waals surface area contributed by atoms with E-state index in [4.69, 9.17) is 0 Å². The van der Waals surface area contributed by atoms with Crippen molar-refractivity contribution in [3.05, 3.63) is 76.9 Å². The molecule has 0 saturated carbocycles. The van der Waals surface area contributed by atoms with Gasteiger partial charge in [-0.15, -0.1) is 0 Å². The van der Waals surface area contributed by atoms with Crippen LogP contribution in [0.25, 0.3) is 6.08 Å². The minimum absolute atomic E-state index is 0.997. The number of hydrogen-bond donors (Lipinski definition) is 0. The second kappa shape index (κ2) is 8.27. The Morgan fingerprint density at radius 2 is 1.71 bits per heavy atom. The number of likely N-dealkylation sites (N-methyl/N-ethyl adjacent to an activating group) is 1. The Labute approximate surface area is 146 Å². The Balaban J connectivity index is 1.67. The molecule has 0 spiro atoms. The number of piperazine rings is 1. The van der Waals surface area contributed by atoms with Crippen LogP contribution in [0.5, 0.6) is 0 Å². The van der Waals surface area contributed by atoms with Crippen LogP contribution in [0.1, 0.15) is 22.3 Å². The zero-order valence-electron chi connectivity index (χ0n) is 14.9. The minimum atomic E-state index is 0.997. The van der Waals surface area contributed by atoms with E-state index in [2.05, 4.69) is 84.5 Å². The van der Waals surface area contributed by atoms with Crippen LogP contribution >= 0.6 is 0 Å². The first kappa shape index (κ1) is 16.9. The van der Waals surface area contributed by atoms with Gasteiger partial charge in [-0.2, -0.15) is 0 Å². The van der Waals surface area contributed by atoms with Crippen molar-refractivity contribution in [1.29, 1.82) is 0 Å². The summed E-state index contributed by atoms with van der Waals surface area (Å²) in [4.78, 5) is 4.93. The maximum Gasteiger partial charge on any atom is 0.0167 e. The monoisotopic (exact) mass is 320 g/mol. The van der Waals surface area contributed by atoms with Crippen LogP contribution < -0.4 is 0 Å². The van der Waals surface area contributed by atoms with Gasteiger partial charge in [0.15, 0.2) is 0 Å². The highest BCUT2D eigenvalue weighted by atomic mass is 15.2. The predicted octanol–water partition coefficient (Wildman–Crippen LogP) is 3.85. The molecule has 0 bridgehead atoms. The fourth-order valence-electron chi connectivity index (χ4n) is 3.23. The predicted molar refractivity (Wildman–Crippen MR) is 103 cm³/mol. The van der Waals surface area contributed by atoms with Gasteiger partial charge in [0, 0.05) is 32.7 Å². The molecule has 0 N–H and O–H groups in total. The molecular formula is C22H28N2. The molecule has 126 valence electrons. The van der Waals surface area contributed by atoms with Gasteiger partial charge in [-0.3, -0.25) is 4.90 Å². The van der Waals surface area contributed by atoms with E-state index in [1.807, 2.05) is 0 Å². The van der Waals surface area contributed by atoms with Gasteiger partial charge in [0.2, 0.25) is 0 Å². The fraction of sp³-hybridized carbons (Fsp3) is 0.364. The Morgan fingerprint density at radius 3 is 2.46 bits per heavy atom. The number of hydrogen-bond acceptors (Lipinski definition) is 2. The highest BCUT2D eigenvalue weighted by Gasteiger charge is 2.11. The molecule has 0 aliphatic carbocycles. The van der Waals surface area contributed by atoms with Crippen molar-refractivity contribution in [2.45, 2.75) is 13.3 Å². The molecule has 0 amide bonds. The minimum Gasteiger partial charge on any atom is -0.304 e. The molecule has 1 aliphatic heterocycles. The van der Waals surface area contributed by atoms with E-state index in [1.165, 1.54) is 48.4 Å². The van der Waals surface area contributed by atoms with E-state index in [0.29, 0.717) is 0 Å². The van der Waals surface area contributed by atoms with Crippen LogP contribution in [0.2, 0.25) is 0 Å². The van der Waals surface area contributed by atoms with Gasteiger partial charge in [-0.25, -0.2) is 0 Å². The molecule has 24 heavy (non-hydrogen) atoms. The van der Waals surface area contributed by atoms with Gasteiger partial charge in [-0.05, 0) is 37.1 Å². The highest BCUT2D eigenvalue weighted by molar-refractivity contribution is 5.56. The third-order valence-electron chi connectivity index (χ3n) is 4.79. The van der Waals surface area contributed by atoms with Gasteiger partial charge in [-0.1, -0.05) is 66.2 Å². The fourth-order valence-corrected chi connectivity index (χ4v) is 3.23. The average molecular weight is 320 g/mol. The molecule has 1 fully saturated rings. The van der Waals surface area contributed by atoms with Crippen LogP contribution in [-0.2, 0) is 6.42 Å². The SMILES string of the molecule is Cc1ccc(/C=C/CN2CCN(C)CC2)c(Cc2ccccc2)c1. The number of nitrogens with zero attached hydrogens (tertiary/aromatic N) is 2. The molecule has 2 nitrogen and oxygen atoms in total. The van der Waals surface area contributed by atoms with Gasteiger partial charge < -0.3 is 4.90 Å². The van der Waals surface area contributed by atoms with Crippen molar-refractivity contribution in [3.63, 3.8) is 0 Å². The topological polar surface area (TPSA) is 6.48 Å². The number of aryl methyl sites for hydroxylation is 1. The Hall–Kier alpha value is -1.90. The van der Waals surface area contributed by atoms with Gasteiger partial charge >= 0.3 is 0 Å². The van der Waals surface area contributed by atoms with Crippen molar-refractivity contribution < 1.29 is 0 Å². The lowest BCUT2D eigenvalue weighted by Crippen LogP contribution is -2.44. The van der Waals surface area contributed by atoms with Gasteiger partial charge in [0.05, 0.1) is 0 Å². The van der Waals surface area contributed by atoms with Crippen LogP contribution in [0.15, 0.2) is 54.6 Å². The largest absolute Gasteiger partial charge is 0.304 e. The summed E-state index contributed by atoms with van der Waals surface area (Å²) < 4.78 is 0.